The van der Waals surface area contributed by atoms with Crippen molar-refractivity contribution >= 4 is 17.2 Å². The molecule has 5 nitrogen and oxygen atoms in total. The number of oxazole rings is 1. The van der Waals surface area contributed by atoms with Gasteiger partial charge < -0.3 is 14.1 Å². The Hall–Kier alpha value is -2.18. The van der Waals surface area contributed by atoms with E-state index in [0.29, 0.717) is 12.4 Å². The highest BCUT2D eigenvalue weighted by molar-refractivity contribution is 5.73. The first-order valence-corrected chi connectivity index (χ1v) is 8.40. The van der Waals surface area contributed by atoms with Crippen LogP contribution in [0.1, 0.15) is 52.3 Å². The summed E-state index contributed by atoms with van der Waals surface area (Å²) in [6, 6.07) is 2.45. The molecular formula is C18H22F2N2O3. The number of likely N-dealkylation sites (tertiary alicyclic amines) is 1. The molecular weight excluding hydrogens is 330 g/mol. The summed E-state index contributed by atoms with van der Waals surface area (Å²) < 4.78 is 38.1. The highest BCUT2D eigenvalue weighted by Gasteiger charge is 2.35. The van der Waals surface area contributed by atoms with Gasteiger partial charge in [-0.25, -0.2) is 14.2 Å². The largest absolute Gasteiger partial charge is 0.444 e. The smallest absolute Gasteiger partial charge is 0.410 e. The van der Waals surface area contributed by atoms with Crippen LogP contribution in [0.2, 0.25) is 0 Å². The summed E-state index contributed by atoms with van der Waals surface area (Å²) in [5.74, 6) is -1.87. The molecule has 1 aliphatic heterocycles. The number of aromatic nitrogens is 1. The summed E-state index contributed by atoms with van der Waals surface area (Å²) in [5.41, 5.74) is -0.490. The van der Waals surface area contributed by atoms with E-state index in [4.69, 9.17) is 9.15 Å². The maximum atomic E-state index is 13.8. The molecule has 2 atom stereocenters. The minimum atomic E-state index is -1.04. The van der Waals surface area contributed by atoms with Gasteiger partial charge in [0.2, 0.25) is 11.7 Å². The Kier molecular flexibility index (Phi) is 4.43. The molecule has 7 heteroatoms. The molecule has 1 amide bonds. The van der Waals surface area contributed by atoms with Crippen molar-refractivity contribution in [2.24, 2.45) is 0 Å². The maximum Gasteiger partial charge on any atom is 0.410 e. The second-order valence-electron chi connectivity index (χ2n) is 7.52. The summed E-state index contributed by atoms with van der Waals surface area (Å²) in [5, 5.41) is 0. The van der Waals surface area contributed by atoms with Gasteiger partial charge in [0.15, 0.2) is 11.4 Å². The van der Waals surface area contributed by atoms with Crippen molar-refractivity contribution < 1.29 is 22.7 Å². The third-order valence-corrected chi connectivity index (χ3v) is 4.33. The number of halogens is 2. The first-order chi connectivity index (χ1) is 11.7. The lowest BCUT2D eigenvalue weighted by Gasteiger charge is -2.37. The topological polar surface area (TPSA) is 55.6 Å². The van der Waals surface area contributed by atoms with Gasteiger partial charge >= 0.3 is 6.09 Å². The van der Waals surface area contributed by atoms with E-state index in [-0.39, 0.29) is 23.1 Å². The maximum absolute atomic E-state index is 13.8. The van der Waals surface area contributed by atoms with Gasteiger partial charge in [-0.15, -0.1) is 0 Å². The third kappa shape index (κ3) is 3.60. The molecule has 0 radical (unpaired) electrons. The number of fused-ring (bicyclic) bond motifs is 1. The van der Waals surface area contributed by atoms with Crippen LogP contribution in [-0.4, -0.2) is 34.2 Å². The molecule has 1 aromatic carbocycles. The SMILES string of the molecule is C[C@@H]1CC[C@@H](c2nc3ccc(F)c(F)c3o2)CN1C(=O)OC(C)(C)C. The molecule has 1 fully saturated rings. The first kappa shape index (κ1) is 17.6. The molecule has 1 aliphatic rings. The Morgan fingerprint density at radius 1 is 1.32 bits per heavy atom. The Bertz CT molecular complexity index is 797. The van der Waals surface area contributed by atoms with Gasteiger partial charge in [0.05, 0.1) is 5.92 Å². The van der Waals surface area contributed by atoms with Crippen LogP contribution in [0.3, 0.4) is 0 Å². The van der Waals surface area contributed by atoms with Gasteiger partial charge in [-0.2, -0.15) is 4.39 Å². The summed E-state index contributed by atoms with van der Waals surface area (Å²) in [7, 11) is 0. The Labute approximate surface area is 145 Å². The second kappa shape index (κ2) is 6.28. The standard InChI is InChI=1S/C18H22F2N2O3/c1-10-5-6-11(9-22(10)17(23)25-18(2,3)4)16-21-13-8-7-12(19)14(20)15(13)24-16/h7-8,10-11H,5-6,9H2,1-4H3/t10-,11-/m1/s1. The zero-order chi connectivity index (χ0) is 18.4. The van der Waals surface area contributed by atoms with E-state index < -0.39 is 23.3 Å². The van der Waals surface area contributed by atoms with Crippen molar-refractivity contribution in [3.63, 3.8) is 0 Å². The minimum Gasteiger partial charge on any atom is -0.444 e. The van der Waals surface area contributed by atoms with E-state index in [0.717, 1.165) is 18.9 Å². The lowest BCUT2D eigenvalue weighted by atomic mass is 9.94. The van der Waals surface area contributed by atoms with Gasteiger partial charge in [0, 0.05) is 12.6 Å². The number of piperidine rings is 1. The molecule has 25 heavy (non-hydrogen) atoms. The summed E-state index contributed by atoms with van der Waals surface area (Å²) in [4.78, 5) is 18.3. The van der Waals surface area contributed by atoms with Gasteiger partial charge in [-0.3, -0.25) is 0 Å². The van der Waals surface area contributed by atoms with E-state index in [9.17, 15) is 13.6 Å². The summed E-state index contributed by atoms with van der Waals surface area (Å²) in [6.45, 7) is 7.77. The van der Waals surface area contributed by atoms with Crippen LogP contribution < -0.4 is 0 Å². The zero-order valence-electron chi connectivity index (χ0n) is 14.8. The van der Waals surface area contributed by atoms with Gasteiger partial charge in [0.1, 0.15) is 11.1 Å². The molecule has 1 saturated heterocycles. The normalized spacial score (nSPS) is 21.6. The number of hydrogen-bond donors (Lipinski definition) is 0. The minimum absolute atomic E-state index is 0.0321. The predicted octanol–water partition coefficient (Wildman–Crippen LogP) is 4.61. The molecule has 0 aliphatic carbocycles. The summed E-state index contributed by atoms with van der Waals surface area (Å²) >= 11 is 0. The fraction of sp³-hybridized carbons (Fsp3) is 0.556. The third-order valence-electron chi connectivity index (χ3n) is 4.33. The van der Waals surface area contributed by atoms with Crippen molar-refractivity contribution in [1.29, 1.82) is 0 Å². The number of benzene rings is 1. The molecule has 136 valence electrons. The fourth-order valence-corrected chi connectivity index (χ4v) is 3.01. The van der Waals surface area contributed by atoms with Crippen molar-refractivity contribution in [2.75, 3.05) is 6.54 Å². The molecule has 0 spiro atoms. The van der Waals surface area contributed by atoms with Gasteiger partial charge in [-0.05, 0) is 52.7 Å². The molecule has 0 unspecified atom stereocenters. The van der Waals surface area contributed by atoms with E-state index in [1.165, 1.54) is 6.07 Å². The Morgan fingerprint density at radius 2 is 2.04 bits per heavy atom. The van der Waals surface area contributed by atoms with Crippen molar-refractivity contribution in [3.05, 3.63) is 29.7 Å². The number of carbonyl (C=O) groups is 1. The quantitative estimate of drug-likeness (QED) is 0.752. The number of hydrogen-bond acceptors (Lipinski definition) is 4. The van der Waals surface area contributed by atoms with E-state index in [2.05, 4.69) is 4.98 Å². The number of ether oxygens (including phenoxy) is 1. The molecule has 2 aromatic rings. The molecule has 0 bridgehead atoms. The fourth-order valence-electron chi connectivity index (χ4n) is 3.01. The van der Waals surface area contributed by atoms with Gasteiger partial charge in [0.25, 0.3) is 0 Å². The number of amides is 1. The molecule has 3 rings (SSSR count). The molecule has 1 aromatic heterocycles. The summed E-state index contributed by atoms with van der Waals surface area (Å²) in [6.07, 6.45) is 1.11. The molecule has 0 N–H and O–H groups in total. The Morgan fingerprint density at radius 3 is 2.72 bits per heavy atom. The van der Waals surface area contributed by atoms with Crippen LogP contribution in [0.25, 0.3) is 11.1 Å². The average Bonchev–Trinajstić information content (AvgIpc) is 2.94. The van der Waals surface area contributed by atoms with Crippen LogP contribution >= 0.6 is 0 Å². The highest BCUT2D eigenvalue weighted by atomic mass is 19.2. The van der Waals surface area contributed by atoms with Crippen LogP contribution in [0, 0.1) is 11.6 Å². The van der Waals surface area contributed by atoms with Gasteiger partial charge in [-0.1, -0.05) is 0 Å². The van der Waals surface area contributed by atoms with E-state index in [1.54, 1.807) is 4.90 Å². The van der Waals surface area contributed by atoms with E-state index in [1.807, 2.05) is 27.7 Å². The molecule has 2 heterocycles. The van der Waals surface area contributed by atoms with Crippen LogP contribution in [0.5, 0.6) is 0 Å². The number of carbonyl (C=O) groups excluding carboxylic acids is 1. The van der Waals surface area contributed by atoms with E-state index >= 15 is 0 Å². The van der Waals surface area contributed by atoms with Crippen LogP contribution in [-0.2, 0) is 4.74 Å². The monoisotopic (exact) mass is 352 g/mol. The van der Waals surface area contributed by atoms with Crippen molar-refractivity contribution in [1.82, 2.24) is 9.88 Å². The van der Waals surface area contributed by atoms with Crippen molar-refractivity contribution in [2.45, 2.75) is 58.1 Å². The highest BCUT2D eigenvalue weighted by Crippen LogP contribution is 2.33. The second-order valence-corrected chi connectivity index (χ2v) is 7.52. The van der Waals surface area contributed by atoms with Crippen molar-refractivity contribution in [3.8, 4) is 0 Å². The first-order valence-electron chi connectivity index (χ1n) is 8.40. The predicted molar refractivity (Wildman–Crippen MR) is 88.3 cm³/mol. The number of nitrogens with zero attached hydrogens (tertiary/aromatic N) is 2. The zero-order valence-corrected chi connectivity index (χ0v) is 14.8. The Balaban J connectivity index is 1.84. The van der Waals surface area contributed by atoms with Crippen LogP contribution in [0.15, 0.2) is 16.5 Å². The lowest BCUT2D eigenvalue weighted by Crippen LogP contribution is -2.47. The molecule has 0 saturated carbocycles. The average molecular weight is 352 g/mol. The number of rotatable bonds is 1. The lowest BCUT2D eigenvalue weighted by molar-refractivity contribution is 0.00875. The van der Waals surface area contributed by atoms with Crippen LogP contribution in [0.4, 0.5) is 13.6 Å².